The SMILES string of the molecule is CCC1CCCN1C(CN)c1cc(Br)ccc1OC. The van der Waals surface area contributed by atoms with Crippen molar-refractivity contribution in [3.05, 3.63) is 28.2 Å². The summed E-state index contributed by atoms with van der Waals surface area (Å²) in [5, 5.41) is 0. The number of rotatable bonds is 5. The molecule has 1 aliphatic heterocycles. The van der Waals surface area contributed by atoms with Crippen LogP contribution in [0.2, 0.25) is 0 Å². The summed E-state index contributed by atoms with van der Waals surface area (Å²) in [5.41, 5.74) is 7.26. The lowest BCUT2D eigenvalue weighted by Gasteiger charge is -2.33. The van der Waals surface area contributed by atoms with Crippen molar-refractivity contribution in [3.63, 3.8) is 0 Å². The molecule has 1 heterocycles. The molecule has 0 spiro atoms. The Hall–Kier alpha value is -0.580. The molecule has 0 radical (unpaired) electrons. The Morgan fingerprint density at radius 3 is 2.95 bits per heavy atom. The van der Waals surface area contributed by atoms with Gasteiger partial charge in [-0.15, -0.1) is 0 Å². The van der Waals surface area contributed by atoms with Gasteiger partial charge in [0.05, 0.1) is 13.2 Å². The van der Waals surface area contributed by atoms with Crippen LogP contribution in [-0.4, -0.2) is 31.1 Å². The normalized spacial score (nSPS) is 21.6. The Morgan fingerprint density at radius 1 is 1.53 bits per heavy atom. The van der Waals surface area contributed by atoms with E-state index in [0.29, 0.717) is 12.6 Å². The van der Waals surface area contributed by atoms with Crippen molar-refractivity contribution >= 4 is 15.9 Å². The highest BCUT2D eigenvalue weighted by atomic mass is 79.9. The van der Waals surface area contributed by atoms with E-state index in [1.807, 2.05) is 12.1 Å². The number of hydrogen-bond acceptors (Lipinski definition) is 3. The number of ether oxygens (including phenoxy) is 1. The van der Waals surface area contributed by atoms with Crippen LogP contribution in [-0.2, 0) is 0 Å². The van der Waals surface area contributed by atoms with Crippen LogP contribution in [0.3, 0.4) is 0 Å². The number of likely N-dealkylation sites (tertiary alicyclic amines) is 1. The van der Waals surface area contributed by atoms with Gasteiger partial charge in [0.15, 0.2) is 0 Å². The zero-order valence-electron chi connectivity index (χ0n) is 11.7. The molecule has 0 saturated carbocycles. The van der Waals surface area contributed by atoms with Crippen LogP contribution in [0.5, 0.6) is 5.75 Å². The molecule has 2 atom stereocenters. The Morgan fingerprint density at radius 2 is 2.32 bits per heavy atom. The summed E-state index contributed by atoms with van der Waals surface area (Å²) < 4.78 is 6.59. The highest BCUT2D eigenvalue weighted by Gasteiger charge is 2.31. The Bertz CT molecular complexity index is 425. The number of nitrogens with zero attached hydrogens (tertiary/aromatic N) is 1. The number of nitrogens with two attached hydrogens (primary N) is 1. The van der Waals surface area contributed by atoms with E-state index in [2.05, 4.69) is 33.8 Å². The molecule has 0 aliphatic carbocycles. The molecular weight excluding hydrogens is 304 g/mol. The average Bonchev–Trinajstić information content (AvgIpc) is 2.88. The molecule has 2 N–H and O–H groups in total. The summed E-state index contributed by atoms with van der Waals surface area (Å²) in [6.45, 7) is 4.02. The molecule has 19 heavy (non-hydrogen) atoms. The minimum Gasteiger partial charge on any atom is -0.496 e. The van der Waals surface area contributed by atoms with Gasteiger partial charge < -0.3 is 10.5 Å². The van der Waals surface area contributed by atoms with E-state index >= 15 is 0 Å². The van der Waals surface area contributed by atoms with Gasteiger partial charge in [0, 0.05) is 22.6 Å². The molecule has 1 aromatic rings. The van der Waals surface area contributed by atoms with Crippen LogP contribution in [0.1, 0.15) is 37.8 Å². The van der Waals surface area contributed by atoms with Gasteiger partial charge in [-0.3, -0.25) is 4.90 Å². The predicted molar refractivity (Wildman–Crippen MR) is 82.5 cm³/mol. The number of benzene rings is 1. The highest BCUT2D eigenvalue weighted by molar-refractivity contribution is 9.10. The van der Waals surface area contributed by atoms with Gasteiger partial charge in [-0.2, -0.15) is 0 Å². The minimum atomic E-state index is 0.250. The first-order valence-electron chi connectivity index (χ1n) is 7.00. The predicted octanol–water partition coefficient (Wildman–Crippen LogP) is 3.33. The summed E-state index contributed by atoms with van der Waals surface area (Å²) >= 11 is 3.55. The lowest BCUT2D eigenvalue weighted by Crippen LogP contribution is -2.37. The van der Waals surface area contributed by atoms with Crippen molar-refractivity contribution in [1.82, 2.24) is 4.90 Å². The summed E-state index contributed by atoms with van der Waals surface area (Å²) in [6.07, 6.45) is 3.74. The molecule has 1 fully saturated rings. The molecule has 106 valence electrons. The number of methoxy groups -OCH3 is 1. The standard InChI is InChI=1S/C15H23BrN2O/c1-3-12-5-4-8-18(12)14(10-17)13-9-11(16)6-7-15(13)19-2/h6-7,9,12,14H,3-5,8,10,17H2,1-2H3. The van der Waals surface area contributed by atoms with Crippen LogP contribution >= 0.6 is 15.9 Å². The first-order chi connectivity index (χ1) is 9.21. The summed E-state index contributed by atoms with van der Waals surface area (Å²) in [5.74, 6) is 0.931. The second-order valence-electron chi connectivity index (χ2n) is 5.08. The van der Waals surface area contributed by atoms with E-state index in [-0.39, 0.29) is 6.04 Å². The maximum atomic E-state index is 6.06. The fraction of sp³-hybridized carbons (Fsp3) is 0.600. The molecule has 2 unspecified atom stereocenters. The zero-order valence-corrected chi connectivity index (χ0v) is 13.3. The van der Waals surface area contributed by atoms with Crippen molar-refractivity contribution in [2.75, 3.05) is 20.2 Å². The second-order valence-corrected chi connectivity index (χ2v) is 6.00. The second kappa shape index (κ2) is 6.73. The molecule has 0 bridgehead atoms. The minimum absolute atomic E-state index is 0.250. The van der Waals surface area contributed by atoms with E-state index < -0.39 is 0 Å². The summed E-state index contributed by atoms with van der Waals surface area (Å²) in [6, 6.07) is 7.06. The Kier molecular flexibility index (Phi) is 5.25. The molecule has 1 aliphatic rings. The van der Waals surface area contributed by atoms with Gasteiger partial charge in [-0.1, -0.05) is 22.9 Å². The Balaban J connectivity index is 2.33. The van der Waals surface area contributed by atoms with E-state index in [9.17, 15) is 0 Å². The van der Waals surface area contributed by atoms with E-state index in [1.54, 1.807) is 7.11 Å². The fourth-order valence-corrected chi connectivity index (χ4v) is 3.49. The molecule has 3 nitrogen and oxygen atoms in total. The third kappa shape index (κ3) is 3.12. The smallest absolute Gasteiger partial charge is 0.123 e. The highest BCUT2D eigenvalue weighted by Crippen LogP contribution is 2.36. The molecule has 2 rings (SSSR count). The van der Waals surface area contributed by atoms with E-state index in [1.165, 1.54) is 24.8 Å². The molecule has 1 aromatic carbocycles. The Labute approximate surface area is 124 Å². The van der Waals surface area contributed by atoms with Crippen LogP contribution in [0, 0.1) is 0 Å². The molecule has 0 aromatic heterocycles. The van der Waals surface area contributed by atoms with Gasteiger partial charge in [-0.05, 0) is 44.0 Å². The fourth-order valence-electron chi connectivity index (χ4n) is 3.11. The van der Waals surface area contributed by atoms with Gasteiger partial charge in [-0.25, -0.2) is 0 Å². The van der Waals surface area contributed by atoms with Crippen molar-refractivity contribution < 1.29 is 4.74 Å². The molecule has 4 heteroatoms. The lowest BCUT2D eigenvalue weighted by atomic mass is 10.0. The van der Waals surface area contributed by atoms with Crippen molar-refractivity contribution in [2.24, 2.45) is 5.73 Å². The first-order valence-corrected chi connectivity index (χ1v) is 7.79. The molecule has 1 saturated heterocycles. The third-order valence-electron chi connectivity index (χ3n) is 4.07. The monoisotopic (exact) mass is 326 g/mol. The topological polar surface area (TPSA) is 38.5 Å². The van der Waals surface area contributed by atoms with E-state index in [0.717, 1.165) is 16.8 Å². The molecular formula is C15H23BrN2O. The molecule has 0 amide bonds. The third-order valence-corrected chi connectivity index (χ3v) is 4.56. The van der Waals surface area contributed by atoms with Crippen LogP contribution < -0.4 is 10.5 Å². The largest absolute Gasteiger partial charge is 0.496 e. The van der Waals surface area contributed by atoms with Crippen molar-refractivity contribution in [2.45, 2.75) is 38.3 Å². The number of halogens is 1. The van der Waals surface area contributed by atoms with Gasteiger partial charge in [0.25, 0.3) is 0 Å². The maximum absolute atomic E-state index is 6.06. The van der Waals surface area contributed by atoms with Gasteiger partial charge in [0.2, 0.25) is 0 Å². The van der Waals surface area contributed by atoms with Crippen molar-refractivity contribution in [1.29, 1.82) is 0 Å². The zero-order chi connectivity index (χ0) is 13.8. The summed E-state index contributed by atoms with van der Waals surface area (Å²) in [7, 11) is 1.72. The van der Waals surface area contributed by atoms with Crippen LogP contribution in [0.15, 0.2) is 22.7 Å². The average molecular weight is 327 g/mol. The van der Waals surface area contributed by atoms with Gasteiger partial charge in [0.1, 0.15) is 5.75 Å². The number of hydrogen-bond donors (Lipinski definition) is 1. The van der Waals surface area contributed by atoms with E-state index in [4.69, 9.17) is 10.5 Å². The van der Waals surface area contributed by atoms with Gasteiger partial charge >= 0.3 is 0 Å². The summed E-state index contributed by atoms with van der Waals surface area (Å²) in [4.78, 5) is 2.55. The quantitative estimate of drug-likeness (QED) is 0.901. The van der Waals surface area contributed by atoms with Crippen LogP contribution in [0.4, 0.5) is 0 Å². The van der Waals surface area contributed by atoms with Crippen LogP contribution in [0.25, 0.3) is 0 Å². The maximum Gasteiger partial charge on any atom is 0.123 e. The first kappa shape index (κ1) is 14.8. The lowest BCUT2D eigenvalue weighted by molar-refractivity contribution is 0.177. The van der Waals surface area contributed by atoms with Crippen molar-refractivity contribution in [3.8, 4) is 5.75 Å².